The Morgan fingerprint density at radius 3 is 2.18 bits per heavy atom. The topological polar surface area (TPSA) is 29.1 Å². The molecule has 1 amide bonds. The number of carbonyl (C=O) groups excluding carboxylic acids is 1. The first kappa shape index (κ1) is 14.2. The molecule has 1 N–H and O–H groups in total. The highest BCUT2D eigenvalue weighted by molar-refractivity contribution is 9.10. The number of benzene rings is 1. The Kier molecular flexibility index (Phi) is 5.19. The molecule has 0 heterocycles. The Hall–Kier alpha value is -0.830. The highest BCUT2D eigenvalue weighted by atomic mass is 79.9. The Bertz CT molecular complexity index is 377. The Balaban J connectivity index is 2.89. The second-order valence-electron chi connectivity index (χ2n) is 4.27. The van der Waals surface area contributed by atoms with Gasteiger partial charge in [0.05, 0.1) is 5.56 Å². The molecule has 0 fully saturated rings. The van der Waals surface area contributed by atoms with Crippen molar-refractivity contribution in [1.29, 1.82) is 0 Å². The maximum absolute atomic E-state index is 12.2. The largest absolute Gasteiger partial charge is 0.347 e. The molecule has 1 aromatic carbocycles. The number of hydrogen-bond donors (Lipinski definition) is 1. The van der Waals surface area contributed by atoms with Gasteiger partial charge < -0.3 is 5.32 Å². The lowest BCUT2D eigenvalue weighted by atomic mass is 9.89. The Morgan fingerprint density at radius 2 is 1.71 bits per heavy atom. The third kappa shape index (κ3) is 3.32. The van der Waals surface area contributed by atoms with Gasteiger partial charge >= 0.3 is 0 Å². The van der Waals surface area contributed by atoms with Crippen molar-refractivity contribution in [1.82, 2.24) is 5.32 Å². The van der Waals surface area contributed by atoms with Gasteiger partial charge in [-0.15, -0.1) is 0 Å². The van der Waals surface area contributed by atoms with E-state index in [0.29, 0.717) is 5.56 Å². The molecular weight excluding hydrogens is 278 g/mol. The van der Waals surface area contributed by atoms with E-state index in [4.69, 9.17) is 0 Å². The van der Waals surface area contributed by atoms with Crippen LogP contribution in [0, 0.1) is 0 Å². The summed E-state index contributed by atoms with van der Waals surface area (Å²) in [6, 6.07) is 7.52. The zero-order chi connectivity index (χ0) is 12.9. The maximum Gasteiger partial charge on any atom is 0.252 e. The van der Waals surface area contributed by atoms with Gasteiger partial charge in [0.15, 0.2) is 0 Å². The van der Waals surface area contributed by atoms with Crippen molar-refractivity contribution in [3.05, 3.63) is 34.3 Å². The number of nitrogens with one attached hydrogen (secondary N) is 1. The predicted octanol–water partition coefficient (Wildman–Crippen LogP) is 4.15. The van der Waals surface area contributed by atoms with Crippen molar-refractivity contribution in [2.45, 2.75) is 45.6 Å². The van der Waals surface area contributed by atoms with Gasteiger partial charge in [-0.05, 0) is 47.3 Å². The van der Waals surface area contributed by atoms with Crippen LogP contribution >= 0.6 is 15.9 Å². The van der Waals surface area contributed by atoms with Crippen LogP contribution in [0.3, 0.4) is 0 Å². The first-order valence-electron chi connectivity index (χ1n) is 6.15. The number of rotatable bonds is 5. The molecule has 17 heavy (non-hydrogen) atoms. The van der Waals surface area contributed by atoms with Gasteiger partial charge in [0.1, 0.15) is 0 Å². The zero-order valence-corrected chi connectivity index (χ0v) is 12.3. The fraction of sp³-hybridized carbons (Fsp3) is 0.500. The SMILES string of the molecule is CCC(CC)(CC)NC(=O)c1ccccc1Br. The average molecular weight is 298 g/mol. The molecule has 0 atom stereocenters. The van der Waals surface area contributed by atoms with Gasteiger partial charge in [-0.2, -0.15) is 0 Å². The van der Waals surface area contributed by atoms with Crippen LogP contribution in [0.5, 0.6) is 0 Å². The molecule has 0 bridgehead atoms. The van der Waals surface area contributed by atoms with E-state index in [0.717, 1.165) is 23.7 Å². The van der Waals surface area contributed by atoms with Gasteiger partial charge in [-0.25, -0.2) is 0 Å². The van der Waals surface area contributed by atoms with E-state index in [1.165, 1.54) is 0 Å². The van der Waals surface area contributed by atoms with Crippen LogP contribution in [0.1, 0.15) is 50.4 Å². The zero-order valence-electron chi connectivity index (χ0n) is 10.7. The molecule has 0 saturated heterocycles. The van der Waals surface area contributed by atoms with Crippen molar-refractivity contribution in [2.24, 2.45) is 0 Å². The monoisotopic (exact) mass is 297 g/mol. The molecule has 0 aliphatic rings. The normalized spacial score (nSPS) is 11.3. The molecule has 0 aliphatic carbocycles. The smallest absolute Gasteiger partial charge is 0.252 e. The molecule has 0 unspecified atom stereocenters. The molecule has 94 valence electrons. The molecule has 0 radical (unpaired) electrons. The second kappa shape index (κ2) is 6.20. The number of hydrogen-bond acceptors (Lipinski definition) is 1. The number of halogens is 1. The first-order valence-corrected chi connectivity index (χ1v) is 6.95. The average Bonchev–Trinajstić information content (AvgIpc) is 2.36. The molecule has 3 heteroatoms. The fourth-order valence-corrected chi connectivity index (χ4v) is 2.43. The van der Waals surface area contributed by atoms with Crippen LogP contribution in [0.25, 0.3) is 0 Å². The summed E-state index contributed by atoms with van der Waals surface area (Å²) in [4.78, 5) is 12.2. The molecule has 2 nitrogen and oxygen atoms in total. The standard InChI is InChI=1S/C14H20BrNO/c1-4-14(5-2,6-3)16-13(17)11-9-7-8-10-12(11)15/h7-10H,4-6H2,1-3H3,(H,16,17). The van der Waals surface area contributed by atoms with E-state index in [9.17, 15) is 4.79 Å². The Labute approximate surface area is 112 Å². The van der Waals surface area contributed by atoms with Crippen LogP contribution in [0.2, 0.25) is 0 Å². The van der Waals surface area contributed by atoms with E-state index < -0.39 is 0 Å². The molecule has 0 aliphatic heterocycles. The van der Waals surface area contributed by atoms with E-state index in [1.807, 2.05) is 24.3 Å². The van der Waals surface area contributed by atoms with Gasteiger partial charge in [-0.3, -0.25) is 4.79 Å². The van der Waals surface area contributed by atoms with E-state index in [-0.39, 0.29) is 11.4 Å². The van der Waals surface area contributed by atoms with Crippen molar-refractivity contribution in [2.75, 3.05) is 0 Å². The third-order valence-corrected chi connectivity index (χ3v) is 4.22. The van der Waals surface area contributed by atoms with Crippen LogP contribution in [-0.2, 0) is 0 Å². The van der Waals surface area contributed by atoms with Gasteiger partial charge in [0.2, 0.25) is 0 Å². The van der Waals surface area contributed by atoms with Gasteiger partial charge in [0.25, 0.3) is 5.91 Å². The first-order chi connectivity index (χ1) is 8.08. The second-order valence-corrected chi connectivity index (χ2v) is 5.13. The lowest BCUT2D eigenvalue weighted by Gasteiger charge is -2.32. The van der Waals surface area contributed by atoms with Crippen LogP contribution in [0.15, 0.2) is 28.7 Å². The number of carbonyl (C=O) groups is 1. The summed E-state index contributed by atoms with van der Waals surface area (Å²) in [6.07, 6.45) is 2.86. The quantitative estimate of drug-likeness (QED) is 0.869. The Morgan fingerprint density at radius 1 is 1.18 bits per heavy atom. The molecule has 0 aromatic heterocycles. The van der Waals surface area contributed by atoms with Crippen LogP contribution in [0.4, 0.5) is 0 Å². The number of amides is 1. The molecule has 1 rings (SSSR count). The lowest BCUT2D eigenvalue weighted by molar-refractivity contribution is 0.0887. The third-order valence-electron chi connectivity index (χ3n) is 3.53. The summed E-state index contributed by atoms with van der Waals surface area (Å²) in [5.41, 5.74) is 0.624. The van der Waals surface area contributed by atoms with Crippen molar-refractivity contribution in [3.63, 3.8) is 0 Å². The van der Waals surface area contributed by atoms with Gasteiger partial charge in [-0.1, -0.05) is 32.9 Å². The minimum Gasteiger partial charge on any atom is -0.347 e. The minimum absolute atomic E-state index is 0.00280. The molecule has 0 spiro atoms. The maximum atomic E-state index is 12.2. The van der Waals surface area contributed by atoms with Gasteiger partial charge in [0, 0.05) is 10.0 Å². The summed E-state index contributed by atoms with van der Waals surface area (Å²) in [7, 11) is 0. The van der Waals surface area contributed by atoms with Crippen molar-refractivity contribution >= 4 is 21.8 Å². The van der Waals surface area contributed by atoms with E-state index >= 15 is 0 Å². The van der Waals surface area contributed by atoms with Crippen LogP contribution < -0.4 is 5.32 Å². The summed E-state index contributed by atoms with van der Waals surface area (Å²) < 4.78 is 0.842. The molecular formula is C14H20BrNO. The predicted molar refractivity (Wildman–Crippen MR) is 75.2 cm³/mol. The summed E-state index contributed by atoms with van der Waals surface area (Å²) in [5, 5.41) is 3.17. The minimum atomic E-state index is -0.0770. The fourth-order valence-electron chi connectivity index (χ4n) is 1.97. The van der Waals surface area contributed by atoms with Crippen molar-refractivity contribution in [3.8, 4) is 0 Å². The molecule has 0 saturated carbocycles. The summed E-state index contributed by atoms with van der Waals surface area (Å²) >= 11 is 3.41. The van der Waals surface area contributed by atoms with Crippen molar-refractivity contribution < 1.29 is 4.79 Å². The highest BCUT2D eigenvalue weighted by Crippen LogP contribution is 2.22. The summed E-state index contributed by atoms with van der Waals surface area (Å²) in [6.45, 7) is 6.36. The van der Waals surface area contributed by atoms with E-state index in [2.05, 4.69) is 42.0 Å². The summed E-state index contributed by atoms with van der Waals surface area (Å²) in [5.74, 6) is 0.00280. The highest BCUT2D eigenvalue weighted by Gasteiger charge is 2.26. The van der Waals surface area contributed by atoms with Crippen LogP contribution in [-0.4, -0.2) is 11.4 Å². The van der Waals surface area contributed by atoms with E-state index in [1.54, 1.807) is 0 Å². The lowest BCUT2D eigenvalue weighted by Crippen LogP contribution is -2.47. The molecule has 1 aromatic rings.